The fraction of sp³-hybridized carbons (Fsp3) is 0.350. The van der Waals surface area contributed by atoms with E-state index < -0.39 is 22.0 Å². The number of hydroxylamine groups is 1. The Morgan fingerprint density at radius 3 is 2.43 bits per heavy atom. The number of nitrogens with zero attached hydrogens (tertiary/aromatic N) is 1. The molecule has 8 heteroatoms. The van der Waals surface area contributed by atoms with Crippen molar-refractivity contribution in [3.05, 3.63) is 59.2 Å². The lowest BCUT2D eigenvalue weighted by Gasteiger charge is -2.22. The molecular weight excluding hydrogens is 380 g/mol. The van der Waals surface area contributed by atoms with E-state index in [0.717, 1.165) is 26.7 Å². The van der Waals surface area contributed by atoms with Gasteiger partial charge in [-0.15, -0.1) is 0 Å². The summed E-state index contributed by atoms with van der Waals surface area (Å²) in [6.07, 6.45) is 0.951. The molecule has 1 aliphatic rings. The second-order valence-corrected chi connectivity index (χ2v) is 8.90. The molecule has 3 rings (SSSR count). The largest absolute Gasteiger partial charge is 0.489 e. The van der Waals surface area contributed by atoms with Crippen LogP contribution >= 0.6 is 0 Å². The minimum absolute atomic E-state index is 0.111. The van der Waals surface area contributed by atoms with Crippen molar-refractivity contribution in [2.45, 2.75) is 44.2 Å². The van der Waals surface area contributed by atoms with Gasteiger partial charge in [-0.2, -0.15) is 4.31 Å². The molecule has 7 nitrogen and oxygen atoms in total. The topological polar surface area (TPSA) is 95.9 Å². The highest BCUT2D eigenvalue weighted by atomic mass is 32.2. The zero-order valence-electron chi connectivity index (χ0n) is 15.9. The lowest BCUT2D eigenvalue weighted by molar-refractivity contribution is -0.132. The van der Waals surface area contributed by atoms with Crippen molar-refractivity contribution >= 4 is 15.9 Å². The van der Waals surface area contributed by atoms with Gasteiger partial charge in [0.15, 0.2) is 0 Å². The predicted octanol–water partition coefficient (Wildman–Crippen LogP) is 2.54. The van der Waals surface area contributed by atoms with Crippen LogP contribution in [0.4, 0.5) is 0 Å². The van der Waals surface area contributed by atoms with Gasteiger partial charge in [0.25, 0.3) is 5.91 Å². The molecule has 1 fully saturated rings. The highest BCUT2D eigenvalue weighted by Gasteiger charge is 2.39. The first-order valence-corrected chi connectivity index (χ1v) is 10.5. The van der Waals surface area contributed by atoms with Crippen molar-refractivity contribution in [2.24, 2.45) is 0 Å². The van der Waals surface area contributed by atoms with E-state index in [-0.39, 0.29) is 11.4 Å². The number of carbonyl (C=O) groups excluding carboxylic acids is 1. The van der Waals surface area contributed by atoms with E-state index >= 15 is 0 Å². The van der Waals surface area contributed by atoms with Crippen molar-refractivity contribution in [1.82, 2.24) is 9.79 Å². The molecular formula is C20H24N2O5S. The van der Waals surface area contributed by atoms with Crippen LogP contribution in [0.5, 0.6) is 5.75 Å². The molecule has 2 N–H and O–H groups in total. The minimum Gasteiger partial charge on any atom is -0.489 e. The third-order valence-electron chi connectivity index (χ3n) is 4.75. The van der Waals surface area contributed by atoms with E-state index in [4.69, 9.17) is 9.94 Å². The molecule has 0 saturated carbocycles. The van der Waals surface area contributed by atoms with Gasteiger partial charge in [-0.3, -0.25) is 10.0 Å². The predicted molar refractivity (Wildman–Crippen MR) is 104 cm³/mol. The molecule has 1 unspecified atom stereocenters. The van der Waals surface area contributed by atoms with Crippen molar-refractivity contribution in [3.63, 3.8) is 0 Å². The third-order valence-corrected chi connectivity index (χ3v) is 6.67. The third kappa shape index (κ3) is 4.35. The van der Waals surface area contributed by atoms with Crippen LogP contribution in [0.1, 0.15) is 29.5 Å². The van der Waals surface area contributed by atoms with E-state index in [2.05, 4.69) is 6.07 Å². The van der Waals surface area contributed by atoms with Crippen LogP contribution in [0.25, 0.3) is 0 Å². The quantitative estimate of drug-likeness (QED) is 0.570. The number of sulfonamides is 1. The molecule has 28 heavy (non-hydrogen) atoms. The van der Waals surface area contributed by atoms with Crippen LogP contribution < -0.4 is 10.2 Å². The molecule has 0 bridgehead atoms. The van der Waals surface area contributed by atoms with Crippen LogP contribution in [0.2, 0.25) is 0 Å². The van der Waals surface area contributed by atoms with E-state index in [0.29, 0.717) is 19.4 Å². The first-order chi connectivity index (χ1) is 13.3. The lowest BCUT2D eigenvalue weighted by atomic mass is 10.1. The Kier molecular flexibility index (Phi) is 6.02. The Morgan fingerprint density at radius 2 is 1.82 bits per heavy atom. The summed E-state index contributed by atoms with van der Waals surface area (Å²) in [5, 5.41) is 8.84. The summed E-state index contributed by atoms with van der Waals surface area (Å²) >= 11 is 0. The summed E-state index contributed by atoms with van der Waals surface area (Å²) in [6, 6.07) is 11.5. The summed E-state index contributed by atoms with van der Waals surface area (Å²) in [6.45, 7) is 4.57. The first kappa shape index (κ1) is 20.3. The molecule has 1 saturated heterocycles. The summed E-state index contributed by atoms with van der Waals surface area (Å²) < 4.78 is 32.7. The maximum absolute atomic E-state index is 12.9. The molecule has 1 heterocycles. The number of hydrogen-bond donors (Lipinski definition) is 2. The Balaban J connectivity index is 1.72. The standard InChI is InChI=1S/C20H24N2O5S/c1-14-10-15(2)12-17(11-14)27-13-16-5-7-18(8-6-16)28(25,26)22-9-3-4-19(22)20(23)21-24/h5-8,10-12,19,24H,3-4,9,13H2,1-2H3,(H,21,23). The fourth-order valence-corrected chi connectivity index (χ4v) is 5.10. The van der Waals surface area contributed by atoms with Gasteiger partial charge in [0, 0.05) is 6.54 Å². The number of aryl methyl sites for hydroxylation is 2. The zero-order chi connectivity index (χ0) is 20.3. The van der Waals surface area contributed by atoms with Gasteiger partial charge in [-0.25, -0.2) is 13.9 Å². The minimum atomic E-state index is -3.82. The lowest BCUT2D eigenvalue weighted by Crippen LogP contribution is -2.44. The number of carbonyl (C=O) groups is 1. The average Bonchev–Trinajstić information content (AvgIpc) is 3.16. The van der Waals surface area contributed by atoms with Crippen LogP contribution in [0.3, 0.4) is 0 Å². The summed E-state index contributed by atoms with van der Waals surface area (Å²) in [7, 11) is -3.82. The smallest absolute Gasteiger partial charge is 0.261 e. The fourth-order valence-electron chi connectivity index (χ4n) is 3.44. The van der Waals surface area contributed by atoms with Crippen molar-refractivity contribution in [1.29, 1.82) is 0 Å². The summed E-state index contributed by atoms with van der Waals surface area (Å²) in [5.41, 5.74) is 4.61. The number of nitrogens with one attached hydrogen (secondary N) is 1. The highest BCUT2D eigenvalue weighted by Crippen LogP contribution is 2.26. The number of ether oxygens (including phenoxy) is 1. The van der Waals surface area contributed by atoms with Crippen LogP contribution in [0, 0.1) is 13.8 Å². The van der Waals surface area contributed by atoms with E-state index in [1.54, 1.807) is 17.6 Å². The molecule has 0 aliphatic carbocycles. The average molecular weight is 404 g/mol. The number of hydrogen-bond acceptors (Lipinski definition) is 5. The number of benzene rings is 2. The van der Waals surface area contributed by atoms with Gasteiger partial charge >= 0.3 is 0 Å². The molecule has 1 atom stereocenters. The number of amides is 1. The van der Waals surface area contributed by atoms with Crippen molar-refractivity contribution < 1.29 is 23.2 Å². The van der Waals surface area contributed by atoms with Crippen molar-refractivity contribution in [2.75, 3.05) is 6.54 Å². The van der Waals surface area contributed by atoms with Gasteiger partial charge < -0.3 is 4.74 Å². The number of rotatable bonds is 6. The van der Waals surface area contributed by atoms with Crippen LogP contribution in [-0.4, -0.2) is 36.4 Å². The molecule has 1 aliphatic heterocycles. The molecule has 150 valence electrons. The molecule has 2 aromatic carbocycles. The van der Waals surface area contributed by atoms with Gasteiger partial charge in [0.05, 0.1) is 4.90 Å². The Bertz CT molecular complexity index is 937. The van der Waals surface area contributed by atoms with E-state index in [1.165, 1.54) is 12.1 Å². The molecule has 0 spiro atoms. The second kappa shape index (κ2) is 8.30. The Labute approximate surface area is 164 Å². The maximum Gasteiger partial charge on any atom is 0.261 e. The van der Waals surface area contributed by atoms with Gasteiger partial charge in [0.1, 0.15) is 18.4 Å². The van der Waals surface area contributed by atoms with E-state index in [9.17, 15) is 13.2 Å². The normalized spacial score (nSPS) is 17.5. The summed E-state index contributed by atoms with van der Waals surface area (Å²) in [5.74, 6) is 0.0589. The molecule has 2 aromatic rings. The molecule has 0 aromatic heterocycles. The monoisotopic (exact) mass is 404 g/mol. The van der Waals surface area contributed by atoms with Gasteiger partial charge in [0.2, 0.25) is 10.0 Å². The zero-order valence-corrected chi connectivity index (χ0v) is 16.7. The molecule has 1 amide bonds. The van der Waals surface area contributed by atoms with Crippen LogP contribution in [-0.2, 0) is 21.4 Å². The Morgan fingerprint density at radius 1 is 1.18 bits per heavy atom. The Hall–Kier alpha value is -2.42. The van der Waals surface area contributed by atoms with Gasteiger partial charge in [-0.1, -0.05) is 18.2 Å². The van der Waals surface area contributed by atoms with E-state index in [1.807, 2.05) is 26.0 Å². The summed E-state index contributed by atoms with van der Waals surface area (Å²) in [4.78, 5) is 11.9. The SMILES string of the molecule is Cc1cc(C)cc(OCc2ccc(S(=O)(=O)N3CCCC3C(=O)NO)cc2)c1. The molecule has 0 radical (unpaired) electrons. The first-order valence-electron chi connectivity index (χ1n) is 9.07. The van der Waals surface area contributed by atoms with Crippen LogP contribution in [0.15, 0.2) is 47.4 Å². The van der Waals surface area contributed by atoms with Gasteiger partial charge in [-0.05, 0) is 67.6 Å². The van der Waals surface area contributed by atoms with Crippen molar-refractivity contribution in [3.8, 4) is 5.75 Å². The highest BCUT2D eigenvalue weighted by molar-refractivity contribution is 7.89. The maximum atomic E-state index is 12.9. The second-order valence-electron chi connectivity index (χ2n) is 7.01.